The molecule has 1 atom stereocenters. The van der Waals surface area contributed by atoms with E-state index in [-0.39, 0.29) is 5.92 Å². The number of fused-ring (bicyclic) bond motifs is 11. The van der Waals surface area contributed by atoms with Crippen molar-refractivity contribution in [3.05, 3.63) is 229 Å². The number of allylic oxidation sites excluding steroid dienone is 1. The Balaban J connectivity index is 1.06. The smallest absolute Gasteiger partial charge is 0.160 e. The Labute approximate surface area is 391 Å². The third kappa shape index (κ3) is 6.09. The minimum Gasteiger partial charge on any atom is -0.456 e. The van der Waals surface area contributed by atoms with Crippen LogP contribution in [0.4, 0.5) is 0 Å². The molecule has 0 amide bonds. The summed E-state index contributed by atoms with van der Waals surface area (Å²) in [7, 11) is 0. The summed E-state index contributed by atoms with van der Waals surface area (Å²) in [4.78, 5) is 11.4. The van der Waals surface area contributed by atoms with Gasteiger partial charge in [-0.3, -0.25) is 0 Å². The monoisotopic (exact) mass is 871 g/mol. The highest BCUT2D eigenvalue weighted by molar-refractivity contribution is 6.24. The van der Waals surface area contributed by atoms with Crippen molar-refractivity contribution in [2.45, 2.75) is 13.3 Å². The van der Waals surface area contributed by atoms with Gasteiger partial charge in [0.25, 0.3) is 0 Å². The van der Waals surface area contributed by atoms with E-state index in [1.807, 2.05) is 18.2 Å². The predicted octanol–water partition coefficient (Wildman–Crippen LogP) is 16.9. The van der Waals surface area contributed by atoms with Crippen LogP contribution in [0.5, 0.6) is 0 Å². The largest absolute Gasteiger partial charge is 0.456 e. The lowest BCUT2D eigenvalue weighted by atomic mass is 9.90. The van der Waals surface area contributed by atoms with Gasteiger partial charge in [0.1, 0.15) is 22.3 Å². The third-order valence-electron chi connectivity index (χ3n) is 14.0. The van der Waals surface area contributed by atoms with Crippen molar-refractivity contribution in [2.24, 2.45) is 15.9 Å². The van der Waals surface area contributed by atoms with Gasteiger partial charge in [-0.1, -0.05) is 159 Å². The average Bonchev–Trinajstić information content (AvgIpc) is 4.05. The summed E-state index contributed by atoms with van der Waals surface area (Å²) in [6.45, 7) is 2.29. The van der Waals surface area contributed by atoms with Gasteiger partial charge in [-0.25, -0.2) is 9.98 Å². The second-order valence-electron chi connectivity index (χ2n) is 18.1. The maximum absolute atomic E-state index is 7.07. The van der Waals surface area contributed by atoms with Crippen LogP contribution in [-0.4, -0.2) is 16.1 Å². The molecular weight excluding hydrogens is 831 g/mol. The van der Waals surface area contributed by atoms with Crippen LogP contribution >= 0.6 is 0 Å². The predicted molar refractivity (Wildman–Crippen MR) is 284 cm³/mol. The molecule has 1 aliphatic rings. The molecule has 0 saturated heterocycles. The van der Waals surface area contributed by atoms with Gasteiger partial charge in [-0.2, -0.15) is 0 Å². The average molecular weight is 872 g/mol. The Morgan fingerprint density at radius 1 is 0.426 bits per heavy atom. The second-order valence-corrected chi connectivity index (χ2v) is 18.1. The maximum Gasteiger partial charge on any atom is 0.160 e. The summed E-state index contributed by atoms with van der Waals surface area (Å²) in [5, 5.41) is 11.4. The van der Waals surface area contributed by atoms with Crippen molar-refractivity contribution >= 4 is 104 Å². The van der Waals surface area contributed by atoms with Crippen LogP contribution in [0.1, 0.15) is 30.0 Å². The Kier molecular flexibility index (Phi) is 8.56. The van der Waals surface area contributed by atoms with Crippen molar-refractivity contribution < 1.29 is 8.83 Å². The summed E-state index contributed by atoms with van der Waals surface area (Å²) < 4.78 is 16.0. The van der Waals surface area contributed by atoms with Crippen LogP contribution in [0.15, 0.2) is 231 Å². The fourth-order valence-corrected chi connectivity index (χ4v) is 10.6. The number of nitrogens with zero attached hydrogens (tertiary/aromatic N) is 3. The summed E-state index contributed by atoms with van der Waals surface area (Å²) in [6, 6.07) is 73.4. The van der Waals surface area contributed by atoms with Crippen molar-refractivity contribution in [1.82, 2.24) is 4.57 Å². The van der Waals surface area contributed by atoms with E-state index in [1.54, 1.807) is 0 Å². The Morgan fingerprint density at radius 2 is 0.956 bits per heavy atom. The maximum atomic E-state index is 7.07. The van der Waals surface area contributed by atoms with E-state index < -0.39 is 0 Å². The van der Waals surface area contributed by atoms with Gasteiger partial charge >= 0.3 is 0 Å². The molecule has 10 aromatic carbocycles. The van der Waals surface area contributed by atoms with Gasteiger partial charge in [0.2, 0.25) is 0 Å². The number of rotatable bonds is 5. The van der Waals surface area contributed by atoms with E-state index in [2.05, 4.69) is 206 Å². The summed E-state index contributed by atoms with van der Waals surface area (Å²) in [5.74, 6) is 0.548. The molecule has 3 aromatic heterocycles. The van der Waals surface area contributed by atoms with Gasteiger partial charge in [-0.05, 0) is 105 Å². The zero-order valence-electron chi connectivity index (χ0n) is 37.1. The lowest BCUT2D eigenvalue weighted by Crippen LogP contribution is -2.19. The van der Waals surface area contributed by atoms with Crippen LogP contribution in [0, 0.1) is 5.92 Å². The zero-order chi connectivity index (χ0) is 44.9. The molecule has 0 bridgehead atoms. The molecule has 0 saturated carbocycles. The lowest BCUT2D eigenvalue weighted by molar-refractivity contribution is 0.666. The summed E-state index contributed by atoms with van der Waals surface area (Å²) in [6.07, 6.45) is 2.99. The minimum absolute atomic E-state index is 0.0543. The van der Waals surface area contributed by atoms with E-state index in [0.29, 0.717) is 12.3 Å². The highest BCUT2D eigenvalue weighted by atomic mass is 16.3. The van der Waals surface area contributed by atoms with Crippen molar-refractivity contribution in [1.29, 1.82) is 0 Å². The summed E-state index contributed by atoms with van der Waals surface area (Å²) >= 11 is 0. The number of furan rings is 2. The molecule has 5 heteroatoms. The van der Waals surface area contributed by atoms with E-state index in [1.165, 1.54) is 37.9 Å². The first-order valence-corrected chi connectivity index (χ1v) is 23.4. The molecule has 5 nitrogen and oxygen atoms in total. The van der Waals surface area contributed by atoms with Gasteiger partial charge in [-0.15, -0.1) is 0 Å². The molecule has 0 aliphatic carbocycles. The highest BCUT2D eigenvalue weighted by Gasteiger charge is 2.28. The van der Waals surface area contributed by atoms with E-state index in [0.717, 1.165) is 94.3 Å². The lowest BCUT2D eigenvalue weighted by Gasteiger charge is -2.22. The molecule has 4 heterocycles. The number of hydrogen-bond donors (Lipinski definition) is 0. The summed E-state index contributed by atoms with van der Waals surface area (Å²) in [5.41, 5.74) is 13.5. The Bertz CT molecular complexity index is 4200. The van der Waals surface area contributed by atoms with Crippen LogP contribution in [0.2, 0.25) is 0 Å². The third-order valence-corrected chi connectivity index (χ3v) is 14.0. The first-order valence-electron chi connectivity index (χ1n) is 23.4. The Morgan fingerprint density at radius 3 is 1.65 bits per heavy atom. The Hall–Kier alpha value is -8.80. The highest BCUT2D eigenvalue weighted by Crippen LogP contribution is 2.43. The number of benzene rings is 10. The molecule has 0 radical (unpaired) electrons. The first kappa shape index (κ1) is 38.5. The number of amidine groups is 1. The molecule has 14 rings (SSSR count). The molecule has 68 heavy (non-hydrogen) atoms. The topological polar surface area (TPSA) is 55.9 Å². The standard InChI is InChI=1S/C63H41N3O2/c1-38-23-31-53(41-26-24-40(25-27-41)39-13-3-2-4-14-39)64-63(46-28-29-49-47-19-9-11-21-57(47)67-59(49)37-46)65-61(38)60-54(32-30-50-48-20-10-12-22-58(48)68-62(50)60)66-55-35-44-17-7-5-15-42(44)33-51(55)52-34-43-16-6-8-18-45(43)36-56(52)66/h2-22,24-38H,23H2,1H3/b53-31+,64-63?,65-61?. The number of para-hydroxylation sites is 2. The number of hydrogen-bond acceptors (Lipinski definition) is 4. The molecule has 1 unspecified atom stereocenters. The fourth-order valence-electron chi connectivity index (χ4n) is 10.6. The van der Waals surface area contributed by atoms with Gasteiger partial charge in [0, 0.05) is 43.8 Å². The van der Waals surface area contributed by atoms with Crippen molar-refractivity contribution in [3.63, 3.8) is 0 Å². The van der Waals surface area contributed by atoms with Crippen LogP contribution < -0.4 is 0 Å². The molecule has 0 spiro atoms. The molecule has 320 valence electrons. The first-order chi connectivity index (χ1) is 33.6. The van der Waals surface area contributed by atoms with Crippen LogP contribution in [0.3, 0.4) is 0 Å². The van der Waals surface area contributed by atoms with Crippen molar-refractivity contribution in [2.75, 3.05) is 0 Å². The molecule has 13 aromatic rings. The number of aromatic nitrogens is 1. The second kappa shape index (κ2) is 15.1. The van der Waals surface area contributed by atoms with E-state index >= 15 is 0 Å². The van der Waals surface area contributed by atoms with Gasteiger partial charge in [0.15, 0.2) is 5.84 Å². The quantitative estimate of drug-likeness (QED) is 0.173. The minimum atomic E-state index is -0.0543. The SMILES string of the molecule is CC1C/C=C(\c2ccc(-c3ccccc3)cc2)N=C(c2ccc3c(c2)oc2ccccc23)N=C1c1c(-n2c3cc4ccccc4cc3c3cc4ccccc4cc32)ccc2c1oc1ccccc12. The van der Waals surface area contributed by atoms with Gasteiger partial charge < -0.3 is 13.4 Å². The molecular formula is C63H41N3O2. The van der Waals surface area contributed by atoms with E-state index in [9.17, 15) is 0 Å². The fraction of sp³-hybridized carbons (Fsp3) is 0.0476. The van der Waals surface area contributed by atoms with E-state index in [4.69, 9.17) is 18.8 Å². The zero-order valence-corrected chi connectivity index (χ0v) is 37.1. The normalized spacial score (nSPS) is 15.4. The van der Waals surface area contributed by atoms with Crippen molar-refractivity contribution in [3.8, 4) is 16.8 Å². The molecule has 1 aliphatic heterocycles. The van der Waals surface area contributed by atoms with Gasteiger partial charge in [0.05, 0.1) is 33.7 Å². The molecule has 0 fully saturated rings. The van der Waals surface area contributed by atoms with Crippen LogP contribution in [0.25, 0.3) is 110 Å². The molecule has 0 N–H and O–H groups in total. The van der Waals surface area contributed by atoms with Crippen LogP contribution in [-0.2, 0) is 0 Å². The number of aliphatic imine (C=N–C) groups is 2.